The van der Waals surface area contributed by atoms with Gasteiger partial charge in [-0.2, -0.15) is 0 Å². The van der Waals surface area contributed by atoms with Gasteiger partial charge in [0.15, 0.2) is 0 Å². The monoisotopic (exact) mass is 154 g/mol. The van der Waals surface area contributed by atoms with Gasteiger partial charge in [0.1, 0.15) is 0 Å². The third kappa shape index (κ3) is 2.33. The summed E-state index contributed by atoms with van der Waals surface area (Å²) < 4.78 is 0. The van der Waals surface area contributed by atoms with Crippen molar-refractivity contribution in [1.29, 1.82) is 0 Å². The summed E-state index contributed by atoms with van der Waals surface area (Å²) in [6, 6.07) is 0. The van der Waals surface area contributed by atoms with E-state index in [0.29, 0.717) is 11.8 Å². The van der Waals surface area contributed by atoms with E-state index in [-0.39, 0.29) is 6.10 Å². The molecular weight excluding hydrogens is 136 g/mol. The van der Waals surface area contributed by atoms with Gasteiger partial charge in [-0.1, -0.05) is 26.0 Å². The summed E-state index contributed by atoms with van der Waals surface area (Å²) in [6.07, 6.45) is 7.84. The molecule has 0 radical (unpaired) electrons. The first kappa shape index (κ1) is 8.79. The van der Waals surface area contributed by atoms with E-state index >= 15 is 0 Å². The van der Waals surface area contributed by atoms with E-state index in [9.17, 15) is 5.11 Å². The van der Waals surface area contributed by atoms with Crippen LogP contribution < -0.4 is 0 Å². The van der Waals surface area contributed by atoms with E-state index in [1.54, 1.807) is 0 Å². The molecule has 0 aromatic heterocycles. The topological polar surface area (TPSA) is 20.2 Å². The maximum atomic E-state index is 9.70. The molecule has 0 fully saturated rings. The molecule has 2 unspecified atom stereocenters. The van der Waals surface area contributed by atoms with Crippen molar-refractivity contribution in [3.05, 3.63) is 12.2 Å². The summed E-state index contributed by atoms with van der Waals surface area (Å²) in [6.45, 7) is 4.15. The highest BCUT2D eigenvalue weighted by Gasteiger charge is 2.20. The van der Waals surface area contributed by atoms with Crippen LogP contribution in [0.4, 0.5) is 0 Å². The minimum absolute atomic E-state index is 0.133. The summed E-state index contributed by atoms with van der Waals surface area (Å²) in [5, 5.41) is 9.70. The molecule has 11 heavy (non-hydrogen) atoms. The normalized spacial score (nSPS) is 27.5. The molecule has 2 atom stereocenters. The van der Waals surface area contributed by atoms with E-state index in [4.69, 9.17) is 0 Å². The second-order valence-corrected chi connectivity index (χ2v) is 3.76. The van der Waals surface area contributed by atoms with E-state index in [2.05, 4.69) is 26.0 Å². The zero-order chi connectivity index (χ0) is 8.27. The third-order valence-corrected chi connectivity index (χ3v) is 2.41. The molecule has 1 N–H and O–H groups in total. The minimum Gasteiger partial charge on any atom is -0.392 e. The second-order valence-electron chi connectivity index (χ2n) is 3.76. The van der Waals surface area contributed by atoms with Crippen LogP contribution in [0.1, 0.15) is 33.1 Å². The molecule has 1 aliphatic rings. The lowest BCUT2D eigenvalue weighted by molar-refractivity contribution is 0.0780. The van der Waals surface area contributed by atoms with Crippen molar-refractivity contribution in [1.82, 2.24) is 0 Å². The summed E-state index contributed by atoms with van der Waals surface area (Å²) in [5.74, 6) is 0.812. The van der Waals surface area contributed by atoms with Crippen LogP contribution in [0.3, 0.4) is 0 Å². The largest absolute Gasteiger partial charge is 0.392 e. The lowest BCUT2D eigenvalue weighted by Gasteiger charge is -2.24. The van der Waals surface area contributed by atoms with Gasteiger partial charge < -0.3 is 5.11 Å². The molecule has 64 valence electrons. The third-order valence-electron chi connectivity index (χ3n) is 2.41. The number of aliphatic hydroxyl groups excluding tert-OH is 1. The van der Waals surface area contributed by atoms with Crippen LogP contribution in [0.25, 0.3) is 0 Å². The van der Waals surface area contributed by atoms with Gasteiger partial charge in [0.05, 0.1) is 6.10 Å². The fourth-order valence-corrected chi connectivity index (χ4v) is 1.62. The molecule has 0 amide bonds. The molecule has 0 spiro atoms. The SMILES string of the molecule is CC(C)C(O)C1C=CCCC1. The van der Waals surface area contributed by atoms with Crippen molar-refractivity contribution in [3.8, 4) is 0 Å². The van der Waals surface area contributed by atoms with Gasteiger partial charge in [0.25, 0.3) is 0 Å². The zero-order valence-electron chi connectivity index (χ0n) is 7.46. The molecular formula is C10H18O. The Balaban J connectivity index is 2.45. The lowest BCUT2D eigenvalue weighted by Crippen LogP contribution is -2.25. The van der Waals surface area contributed by atoms with Crippen LogP contribution in [-0.2, 0) is 0 Å². The highest BCUT2D eigenvalue weighted by Crippen LogP contribution is 2.23. The summed E-state index contributed by atoms with van der Waals surface area (Å²) in [4.78, 5) is 0. The van der Waals surface area contributed by atoms with Crippen LogP contribution in [0.5, 0.6) is 0 Å². The van der Waals surface area contributed by atoms with E-state index in [1.807, 2.05) is 0 Å². The Bertz CT molecular complexity index is 138. The second kappa shape index (κ2) is 3.91. The van der Waals surface area contributed by atoms with Gasteiger partial charge in [-0.15, -0.1) is 0 Å². The first-order chi connectivity index (χ1) is 5.22. The number of hydrogen-bond acceptors (Lipinski definition) is 1. The average molecular weight is 154 g/mol. The molecule has 1 heteroatoms. The zero-order valence-corrected chi connectivity index (χ0v) is 7.46. The van der Waals surface area contributed by atoms with Crippen LogP contribution >= 0.6 is 0 Å². The van der Waals surface area contributed by atoms with Crippen LogP contribution in [0.15, 0.2) is 12.2 Å². The molecule has 0 saturated heterocycles. The van der Waals surface area contributed by atoms with Gasteiger partial charge in [-0.05, 0) is 25.2 Å². The van der Waals surface area contributed by atoms with Gasteiger partial charge >= 0.3 is 0 Å². The Morgan fingerprint density at radius 3 is 2.64 bits per heavy atom. The smallest absolute Gasteiger partial charge is 0.0625 e. The summed E-state index contributed by atoms with van der Waals surface area (Å²) in [7, 11) is 0. The van der Waals surface area contributed by atoms with Gasteiger partial charge in [0, 0.05) is 5.92 Å². The van der Waals surface area contributed by atoms with E-state index in [0.717, 1.165) is 6.42 Å². The molecule has 0 heterocycles. The first-order valence-corrected chi connectivity index (χ1v) is 4.56. The summed E-state index contributed by atoms with van der Waals surface area (Å²) in [5.41, 5.74) is 0. The van der Waals surface area contributed by atoms with E-state index < -0.39 is 0 Å². The van der Waals surface area contributed by atoms with E-state index in [1.165, 1.54) is 12.8 Å². The fraction of sp³-hybridized carbons (Fsp3) is 0.800. The standard InChI is InChI=1S/C10H18O/c1-8(2)10(11)9-6-4-3-5-7-9/h4,6,8-11H,3,5,7H2,1-2H3. The molecule has 1 nitrogen and oxygen atoms in total. The van der Waals surface area contributed by atoms with Gasteiger partial charge in [-0.3, -0.25) is 0 Å². The average Bonchev–Trinajstić information content (AvgIpc) is 2.05. The van der Waals surface area contributed by atoms with Crippen molar-refractivity contribution in [2.45, 2.75) is 39.2 Å². The fourth-order valence-electron chi connectivity index (χ4n) is 1.62. The molecule has 1 rings (SSSR count). The first-order valence-electron chi connectivity index (χ1n) is 4.56. The summed E-state index contributed by atoms with van der Waals surface area (Å²) >= 11 is 0. The molecule has 0 aromatic rings. The van der Waals surface area contributed by atoms with Gasteiger partial charge in [0.2, 0.25) is 0 Å². The number of allylic oxidation sites excluding steroid dienone is 1. The van der Waals surface area contributed by atoms with Crippen molar-refractivity contribution >= 4 is 0 Å². The van der Waals surface area contributed by atoms with Crippen molar-refractivity contribution < 1.29 is 5.11 Å². The maximum absolute atomic E-state index is 9.70. The molecule has 0 bridgehead atoms. The molecule has 0 saturated carbocycles. The number of aliphatic hydroxyl groups is 1. The molecule has 0 aromatic carbocycles. The molecule has 0 aliphatic heterocycles. The van der Waals surface area contributed by atoms with Crippen molar-refractivity contribution in [2.75, 3.05) is 0 Å². The Hall–Kier alpha value is -0.300. The quantitative estimate of drug-likeness (QED) is 0.605. The Labute approximate surface area is 69.1 Å². The number of hydrogen-bond donors (Lipinski definition) is 1. The van der Waals surface area contributed by atoms with Crippen LogP contribution in [-0.4, -0.2) is 11.2 Å². The molecule has 1 aliphatic carbocycles. The van der Waals surface area contributed by atoms with Crippen molar-refractivity contribution in [3.63, 3.8) is 0 Å². The maximum Gasteiger partial charge on any atom is 0.0625 e. The predicted molar refractivity (Wildman–Crippen MR) is 47.3 cm³/mol. The number of rotatable bonds is 2. The van der Waals surface area contributed by atoms with Crippen molar-refractivity contribution in [2.24, 2.45) is 11.8 Å². The lowest BCUT2D eigenvalue weighted by atomic mass is 9.86. The highest BCUT2D eigenvalue weighted by molar-refractivity contribution is 4.96. The van der Waals surface area contributed by atoms with Gasteiger partial charge in [-0.25, -0.2) is 0 Å². The Kier molecular flexibility index (Phi) is 3.13. The highest BCUT2D eigenvalue weighted by atomic mass is 16.3. The van der Waals surface area contributed by atoms with Crippen LogP contribution in [0, 0.1) is 11.8 Å². The Morgan fingerprint density at radius 2 is 2.18 bits per heavy atom. The predicted octanol–water partition coefficient (Wildman–Crippen LogP) is 2.36. The minimum atomic E-state index is -0.133. The Morgan fingerprint density at radius 1 is 1.45 bits per heavy atom. The van der Waals surface area contributed by atoms with Crippen LogP contribution in [0.2, 0.25) is 0 Å².